The zero-order valence-corrected chi connectivity index (χ0v) is 19.5. The number of nitrogens with zero attached hydrogens (tertiary/aromatic N) is 3. The number of amides is 2. The van der Waals surface area contributed by atoms with E-state index in [0.717, 1.165) is 16.8 Å². The van der Waals surface area contributed by atoms with E-state index in [-0.39, 0.29) is 29.0 Å². The second-order valence-corrected chi connectivity index (χ2v) is 8.67. The molecule has 0 saturated heterocycles. The SMILES string of the molecule is Cc1ccc(C)c(NC(=O)CSc2nnc(CC(=O)Nc3cccc(Cl)c3Cl)n2C)c1. The summed E-state index contributed by atoms with van der Waals surface area (Å²) in [5.74, 6) is 0.192. The molecule has 1 heterocycles. The van der Waals surface area contributed by atoms with E-state index >= 15 is 0 Å². The summed E-state index contributed by atoms with van der Waals surface area (Å²) in [5.41, 5.74) is 3.29. The first-order valence-corrected chi connectivity index (χ1v) is 11.1. The number of thioether (sulfide) groups is 1. The molecule has 0 bridgehead atoms. The summed E-state index contributed by atoms with van der Waals surface area (Å²) in [7, 11) is 1.75. The minimum atomic E-state index is -0.302. The average molecular weight is 478 g/mol. The smallest absolute Gasteiger partial charge is 0.234 e. The summed E-state index contributed by atoms with van der Waals surface area (Å²) in [6.07, 6.45) is 0.00157. The minimum Gasteiger partial charge on any atom is -0.325 e. The van der Waals surface area contributed by atoms with Crippen molar-refractivity contribution in [3.8, 4) is 0 Å². The Balaban J connectivity index is 1.57. The van der Waals surface area contributed by atoms with Crippen LogP contribution in [0.1, 0.15) is 17.0 Å². The first-order chi connectivity index (χ1) is 14.7. The second kappa shape index (κ2) is 10.2. The fourth-order valence-electron chi connectivity index (χ4n) is 2.75. The third-order valence-electron chi connectivity index (χ3n) is 4.47. The van der Waals surface area contributed by atoms with Crippen molar-refractivity contribution in [1.29, 1.82) is 0 Å². The number of nitrogens with one attached hydrogen (secondary N) is 2. The summed E-state index contributed by atoms with van der Waals surface area (Å²) in [5, 5.41) is 15.0. The summed E-state index contributed by atoms with van der Waals surface area (Å²) >= 11 is 13.3. The lowest BCUT2D eigenvalue weighted by Gasteiger charge is -2.09. The van der Waals surface area contributed by atoms with E-state index in [1.165, 1.54) is 11.8 Å². The van der Waals surface area contributed by atoms with E-state index in [0.29, 0.717) is 21.7 Å². The highest BCUT2D eigenvalue weighted by Gasteiger charge is 2.16. The number of carbonyl (C=O) groups excluding carboxylic acids is 2. The summed E-state index contributed by atoms with van der Waals surface area (Å²) in [6.45, 7) is 3.92. The van der Waals surface area contributed by atoms with Gasteiger partial charge in [-0.25, -0.2) is 0 Å². The zero-order chi connectivity index (χ0) is 22.5. The normalized spacial score (nSPS) is 10.7. The van der Waals surface area contributed by atoms with E-state index in [2.05, 4.69) is 20.8 Å². The van der Waals surface area contributed by atoms with Crippen LogP contribution >= 0.6 is 35.0 Å². The molecule has 0 atom stereocenters. The highest BCUT2D eigenvalue weighted by molar-refractivity contribution is 7.99. The standard InChI is InChI=1S/C21H21Cl2N5O2S/c1-12-7-8-13(2)16(9-12)25-19(30)11-31-21-27-26-17(28(21)3)10-18(29)24-15-6-4-5-14(22)20(15)23/h4-9H,10-11H2,1-3H3,(H,24,29)(H,25,30). The van der Waals surface area contributed by atoms with Crippen molar-refractivity contribution in [2.24, 2.45) is 7.05 Å². The van der Waals surface area contributed by atoms with Crippen molar-refractivity contribution in [1.82, 2.24) is 14.8 Å². The van der Waals surface area contributed by atoms with Crippen LogP contribution in [0.3, 0.4) is 0 Å². The van der Waals surface area contributed by atoms with Crippen molar-refractivity contribution in [3.05, 3.63) is 63.4 Å². The highest BCUT2D eigenvalue weighted by Crippen LogP contribution is 2.29. The van der Waals surface area contributed by atoms with Crippen LogP contribution in [0.2, 0.25) is 10.0 Å². The van der Waals surface area contributed by atoms with Crippen molar-refractivity contribution in [2.45, 2.75) is 25.4 Å². The molecule has 0 radical (unpaired) electrons. The van der Waals surface area contributed by atoms with Gasteiger partial charge in [0.2, 0.25) is 11.8 Å². The third kappa shape index (κ3) is 6.00. The molecule has 0 saturated carbocycles. The molecule has 1 aromatic heterocycles. The number of benzene rings is 2. The number of rotatable bonds is 7. The average Bonchev–Trinajstić information content (AvgIpc) is 3.06. The van der Waals surface area contributed by atoms with Crippen molar-refractivity contribution >= 4 is 58.2 Å². The maximum atomic E-state index is 12.4. The Morgan fingerprint density at radius 3 is 2.55 bits per heavy atom. The molecule has 2 N–H and O–H groups in total. The first kappa shape index (κ1) is 23.1. The molecule has 2 aromatic carbocycles. The Kier molecular flexibility index (Phi) is 7.59. The Hall–Kier alpha value is -2.55. The van der Waals surface area contributed by atoms with Gasteiger partial charge in [-0.2, -0.15) is 0 Å². The van der Waals surface area contributed by atoms with Gasteiger partial charge in [-0.1, -0.05) is 53.2 Å². The van der Waals surface area contributed by atoms with Gasteiger partial charge in [-0.05, 0) is 43.2 Å². The fourth-order valence-corrected chi connectivity index (χ4v) is 3.83. The van der Waals surface area contributed by atoms with Crippen LogP contribution in [0.4, 0.5) is 11.4 Å². The van der Waals surface area contributed by atoms with Crippen LogP contribution < -0.4 is 10.6 Å². The fraction of sp³-hybridized carbons (Fsp3) is 0.238. The molecule has 0 spiro atoms. The number of aromatic nitrogens is 3. The lowest BCUT2D eigenvalue weighted by Crippen LogP contribution is -2.17. The highest BCUT2D eigenvalue weighted by atomic mass is 35.5. The molecule has 3 aromatic rings. The van der Waals surface area contributed by atoms with Crippen LogP contribution in [-0.2, 0) is 23.1 Å². The number of hydrogen-bond donors (Lipinski definition) is 2. The molecule has 0 unspecified atom stereocenters. The molecule has 0 aliphatic carbocycles. The van der Waals surface area contributed by atoms with Gasteiger partial charge >= 0.3 is 0 Å². The molecule has 162 valence electrons. The Morgan fingerprint density at radius 1 is 1.03 bits per heavy atom. The monoisotopic (exact) mass is 477 g/mol. The van der Waals surface area contributed by atoms with Crippen LogP contribution in [0.15, 0.2) is 41.6 Å². The van der Waals surface area contributed by atoms with Gasteiger partial charge < -0.3 is 15.2 Å². The van der Waals surface area contributed by atoms with Crippen LogP contribution in [0, 0.1) is 13.8 Å². The third-order valence-corrected chi connectivity index (χ3v) is 6.31. The molecule has 0 fully saturated rings. The van der Waals surface area contributed by atoms with Crippen LogP contribution in [0.5, 0.6) is 0 Å². The van der Waals surface area contributed by atoms with Gasteiger partial charge in [0.15, 0.2) is 5.16 Å². The number of hydrogen-bond acceptors (Lipinski definition) is 5. The molecule has 0 aliphatic heterocycles. The molecule has 2 amide bonds. The van der Waals surface area contributed by atoms with Crippen molar-refractivity contribution < 1.29 is 9.59 Å². The van der Waals surface area contributed by atoms with E-state index in [1.807, 2.05) is 32.0 Å². The summed E-state index contributed by atoms with van der Waals surface area (Å²) in [6, 6.07) is 10.9. The zero-order valence-electron chi connectivity index (χ0n) is 17.2. The molecular formula is C21H21Cl2N5O2S. The molecule has 31 heavy (non-hydrogen) atoms. The minimum absolute atomic E-state index is 0.00157. The van der Waals surface area contributed by atoms with Gasteiger partial charge in [0.25, 0.3) is 0 Å². The first-order valence-electron chi connectivity index (χ1n) is 9.36. The lowest BCUT2D eigenvalue weighted by molar-refractivity contribution is -0.116. The van der Waals surface area contributed by atoms with E-state index < -0.39 is 0 Å². The number of carbonyl (C=O) groups is 2. The van der Waals surface area contributed by atoms with E-state index in [1.54, 1.807) is 29.8 Å². The Morgan fingerprint density at radius 2 is 1.77 bits per heavy atom. The van der Waals surface area contributed by atoms with Gasteiger partial charge in [0.05, 0.1) is 27.9 Å². The largest absolute Gasteiger partial charge is 0.325 e. The lowest BCUT2D eigenvalue weighted by atomic mass is 10.1. The molecule has 10 heteroatoms. The van der Waals surface area contributed by atoms with Crippen LogP contribution in [-0.4, -0.2) is 32.3 Å². The van der Waals surface area contributed by atoms with Gasteiger partial charge in [0.1, 0.15) is 5.82 Å². The Bertz CT molecular complexity index is 1130. The topological polar surface area (TPSA) is 88.9 Å². The molecule has 0 aliphatic rings. The molecule has 3 rings (SSSR count). The maximum absolute atomic E-state index is 12.4. The van der Waals surface area contributed by atoms with E-state index in [9.17, 15) is 9.59 Å². The predicted octanol–water partition coefficient (Wildman–Crippen LogP) is 4.65. The number of halogens is 2. The maximum Gasteiger partial charge on any atom is 0.234 e. The number of aryl methyl sites for hydroxylation is 2. The summed E-state index contributed by atoms with van der Waals surface area (Å²) in [4.78, 5) is 24.7. The van der Waals surface area contributed by atoms with Gasteiger partial charge in [0, 0.05) is 12.7 Å². The quantitative estimate of drug-likeness (QED) is 0.483. The molecule has 7 nitrogen and oxygen atoms in total. The van der Waals surface area contributed by atoms with Crippen molar-refractivity contribution in [3.63, 3.8) is 0 Å². The van der Waals surface area contributed by atoms with Gasteiger partial charge in [-0.15, -0.1) is 10.2 Å². The predicted molar refractivity (Wildman–Crippen MR) is 125 cm³/mol. The number of anilines is 2. The van der Waals surface area contributed by atoms with Gasteiger partial charge in [-0.3, -0.25) is 9.59 Å². The second-order valence-electron chi connectivity index (χ2n) is 6.94. The summed E-state index contributed by atoms with van der Waals surface area (Å²) < 4.78 is 1.69. The van der Waals surface area contributed by atoms with Crippen LogP contribution in [0.25, 0.3) is 0 Å². The van der Waals surface area contributed by atoms with E-state index in [4.69, 9.17) is 23.2 Å². The molecular weight excluding hydrogens is 457 g/mol. The van der Waals surface area contributed by atoms with Crippen molar-refractivity contribution in [2.75, 3.05) is 16.4 Å². The Labute approximate surface area is 194 Å².